The molecule has 1 atom stereocenters. The normalized spacial score (nSPS) is 12.1. The monoisotopic (exact) mass is 225 g/mol. The van der Waals surface area contributed by atoms with Crippen molar-refractivity contribution in [1.82, 2.24) is 15.1 Å². The Morgan fingerprint density at radius 2 is 2.31 bits per heavy atom. The van der Waals surface area contributed by atoms with Gasteiger partial charge in [0.25, 0.3) is 0 Å². The summed E-state index contributed by atoms with van der Waals surface area (Å²) in [6, 6.07) is -0.829. The molecule has 0 saturated carbocycles. The number of carboxylic acids is 1. The Morgan fingerprint density at radius 1 is 1.62 bits per heavy atom. The van der Waals surface area contributed by atoms with Gasteiger partial charge in [0.2, 0.25) is 5.91 Å². The molecule has 0 radical (unpaired) electrons. The fourth-order valence-electron chi connectivity index (χ4n) is 1.28. The number of amides is 1. The Labute approximate surface area is 93.3 Å². The molecule has 1 heterocycles. The molecule has 0 saturated heterocycles. The highest BCUT2D eigenvalue weighted by atomic mass is 16.4. The molecule has 0 aliphatic rings. The molecular weight excluding hydrogens is 210 g/mol. The van der Waals surface area contributed by atoms with Gasteiger partial charge in [-0.3, -0.25) is 9.48 Å². The molecule has 0 aliphatic heterocycles. The average Bonchev–Trinajstić information content (AvgIpc) is 2.60. The predicted octanol–water partition coefficient (Wildman–Crippen LogP) is 0.171. The summed E-state index contributed by atoms with van der Waals surface area (Å²) in [5, 5.41) is 15.1. The maximum absolute atomic E-state index is 11.5. The number of hydrogen-bond acceptors (Lipinski definition) is 3. The van der Waals surface area contributed by atoms with Crippen molar-refractivity contribution in [2.24, 2.45) is 0 Å². The van der Waals surface area contributed by atoms with Gasteiger partial charge in [-0.05, 0) is 18.9 Å². The van der Waals surface area contributed by atoms with Crippen LogP contribution >= 0.6 is 0 Å². The van der Waals surface area contributed by atoms with Crippen LogP contribution in [0.5, 0.6) is 0 Å². The van der Waals surface area contributed by atoms with E-state index in [9.17, 15) is 9.59 Å². The number of hydrogen-bond donors (Lipinski definition) is 2. The molecule has 6 heteroatoms. The van der Waals surface area contributed by atoms with E-state index in [0.717, 1.165) is 5.56 Å². The second-order valence-corrected chi connectivity index (χ2v) is 3.58. The van der Waals surface area contributed by atoms with Gasteiger partial charge in [0.15, 0.2) is 0 Å². The number of aryl methyl sites for hydroxylation is 1. The van der Waals surface area contributed by atoms with Crippen LogP contribution < -0.4 is 5.32 Å². The molecule has 0 aliphatic carbocycles. The third-order valence-corrected chi connectivity index (χ3v) is 2.11. The molecule has 1 amide bonds. The van der Waals surface area contributed by atoms with Crippen LogP contribution in [0.4, 0.5) is 0 Å². The second-order valence-electron chi connectivity index (χ2n) is 3.58. The van der Waals surface area contributed by atoms with Crippen LogP contribution in [0.1, 0.15) is 18.9 Å². The number of aliphatic carboxylic acids is 1. The molecule has 16 heavy (non-hydrogen) atoms. The molecule has 1 aromatic heterocycles. The van der Waals surface area contributed by atoms with Gasteiger partial charge in [-0.25, -0.2) is 4.79 Å². The molecular formula is C10H15N3O3. The lowest BCUT2D eigenvalue weighted by atomic mass is 10.2. The van der Waals surface area contributed by atoms with Crippen LogP contribution in [-0.2, 0) is 16.1 Å². The van der Waals surface area contributed by atoms with Crippen LogP contribution in [0.15, 0.2) is 12.4 Å². The fraction of sp³-hybridized carbons (Fsp3) is 0.500. The van der Waals surface area contributed by atoms with Crippen molar-refractivity contribution in [2.45, 2.75) is 32.9 Å². The molecule has 0 spiro atoms. The van der Waals surface area contributed by atoms with E-state index >= 15 is 0 Å². The van der Waals surface area contributed by atoms with Crippen LogP contribution in [0.2, 0.25) is 0 Å². The lowest BCUT2D eigenvalue weighted by molar-refractivity contribution is -0.142. The van der Waals surface area contributed by atoms with Gasteiger partial charge in [0.05, 0.1) is 6.20 Å². The lowest BCUT2D eigenvalue weighted by Gasteiger charge is -2.11. The minimum Gasteiger partial charge on any atom is -0.480 e. The molecule has 0 bridgehead atoms. The third-order valence-electron chi connectivity index (χ3n) is 2.11. The highest BCUT2D eigenvalue weighted by molar-refractivity contribution is 5.83. The van der Waals surface area contributed by atoms with Crippen molar-refractivity contribution >= 4 is 11.9 Å². The summed E-state index contributed by atoms with van der Waals surface area (Å²) in [6.45, 7) is 3.61. The van der Waals surface area contributed by atoms with Gasteiger partial charge >= 0.3 is 5.97 Å². The summed E-state index contributed by atoms with van der Waals surface area (Å²) in [4.78, 5) is 22.1. The van der Waals surface area contributed by atoms with Crippen LogP contribution in [-0.4, -0.2) is 32.8 Å². The van der Waals surface area contributed by atoms with Crippen molar-refractivity contribution in [1.29, 1.82) is 0 Å². The van der Waals surface area contributed by atoms with Gasteiger partial charge in [-0.15, -0.1) is 0 Å². The molecule has 88 valence electrons. The minimum absolute atomic E-state index is 0.0393. The molecule has 0 fully saturated rings. The summed E-state index contributed by atoms with van der Waals surface area (Å²) < 4.78 is 1.47. The smallest absolute Gasteiger partial charge is 0.326 e. The van der Waals surface area contributed by atoms with Crippen molar-refractivity contribution in [3.63, 3.8) is 0 Å². The zero-order valence-corrected chi connectivity index (χ0v) is 9.30. The topological polar surface area (TPSA) is 84.2 Å². The number of carbonyl (C=O) groups excluding carboxylic acids is 1. The lowest BCUT2D eigenvalue weighted by Crippen LogP contribution is -2.41. The van der Waals surface area contributed by atoms with Crippen molar-refractivity contribution in [3.05, 3.63) is 18.0 Å². The molecule has 2 N–H and O–H groups in total. The average molecular weight is 225 g/mol. The van der Waals surface area contributed by atoms with E-state index in [1.54, 1.807) is 19.3 Å². The Bertz CT molecular complexity index is 386. The zero-order valence-electron chi connectivity index (χ0n) is 9.30. The maximum atomic E-state index is 11.5. The van der Waals surface area contributed by atoms with Gasteiger partial charge in [-0.1, -0.05) is 6.92 Å². The van der Waals surface area contributed by atoms with Crippen molar-refractivity contribution in [2.75, 3.05) is 0 Å². The minimum atomic E-state index is -1.02. The summed E-state index contributed by atoms with van der Waals surface area (Å²) in [6.07, 6.45) is 3.72. The Morgan fingerprint density at radius 3 is 2.75 bits per heavy atom. The molecule has 0 unspecified atom stereocenters. The van der Waals surface area contributed by atoms with E-state index in [2.05, 4.69) is 10.4 Å². The van der Waals surface area contributed by atoms with Gasteiger partial charge in [-0.2, -0.15) is 5.10 Å². The van der Waals surface area contributed by atoms with E-state index in [1.807, 2.05) is 6.92 Å². The van der Waals surface area contributed by atoms with Crippen LogP contribution in [0.25, 0.3) is 0 Å². The summed E-state index contributed by atoms with van der Waals surface area (Å²) in [7, 11) is 0. The zero-order chi connectivity index (χ0) is 12.1. The van der Waals surface area contributed by atoms with E-state index in [0.29, 0.717) is 6.42 Å². The van der Waals surface area contributed by atoms with Crippen LogP contribution in [0, 0.1) is 6.92 Å². The first kappa shape index (κ1) is 12.2. The molecule has 1 aromatic rings. The van der Waals surface area contributed by atoms with Crippen molar-refractivity contribution in [3.8, 4) is 0 Å². The van der Waals surface area contributed by atoms with E-state index < -0.39 is 12.0 Å². The number of nitrogens with zero attached hydrogens (tertiary/aromatic N) is 2. The summed E-state index contributed by atoms with van der Waals surface area (Å²) in [5.74, 6) is -1.37. The van der Waals surface area contributed by atoms with Crippen LogP contribution in [0.3, 0.4) is 0 Å². The number of carbonyl (C=O) groups is 2. The molecule has 1 rings (SSSR count). The largest absolute Gasteiger partial charge is 0.480 e. The summed E-state index contributed by atoms with van der Waals surface area (Å²) >= 11 is 0. The Hall–Kier alpha value is -1.85. The van der Waals surface area contributed by atoms with E-state index in [1.165, 1.54) is 4.68 Å². The fourth-order valence-corrected chi connectivity index (χ4v) is 1.28. The third kappa shape index (κ3) is 3.38. The van der Waals surface area contributed by atoms with Crippen molar-refractivity contribution < 1.29 is 14.7 Å². The van der Waals surface area contributed by atoms with E-state index in [4.69, 9.17) is 5.11 Å². The number of aromatic nitrogens is 2. The quantitative estimate of drug-likeness (QED) is 0.748. The SMILES string of the molecule is CC[C@H](NC(=O)Cn1cc(C)cn1)C(=O)O. The number of rotatable bonds is 5. The highest BCUT2D eigenvalue weighted by Gasteiger charge is 2.17. The number of nitrogens with one attached hydrogen (secondary N) is 1. The molecule has 6 nitrogen and oxygen atoms in total. The van der Waals surface area contributed by atoms with Gasteiger partial charge in [0.1, 0.15) is 12.6 Å². The Kier molecular flexibility index (Phi) is 4.04. The standard InChI is InChI=1S/C10H15N3O3/c1-3-8(10(15)16)12-9(14)6-13-5-7(2)4-11-13/h4-5,8H,3,6H2,1-2H3,(H,12,14)(H,15,16)/t8-/m0/s1. The van der Waals surface area contributed by atoms with Gasteiger partial charge in [0, 0.05) is 6.20 Å². The highest BCUT2D eigenvalue weighted by Crippen LogP contribution is 1.95. The number of carboxylic acid groups (broad SMARTS) is 1. The Balaban J connectivity index is 2.50. The van der Waals surface area contributed by atoms with Gasteiger partial charge < -0.3 is 10.4 Å². The first-order valence-electron chi connectivity index (χ1n) is 5.04. The molecule has 0 aromatic carbocycles. The second kappa shape index (κ2) is 5.29. The van der Waals surface area contributed by atoms with E-state index in [-0.39, 0.29) is 12.5 Å². The first-order chi connectivity index (χ1) is 7.52. The predicted molar refractivity (Wildman–Crippen MR) is 56.8 cm³/mol. The summed E-state index contributed by atoms with van der Waals surface area (Å²) in [5.41, 5.74) is 0.957. The first-order valence-corrected chi connectivity index (χ1v) is 5.04. The maximum Gasteiger partial charge on any atom is 0.326 e.